The number of ether oxygens (including phenoxy) is 1. The summed E-state index contributed by atoms with van der Waals surface area (Å²) in [6.45, 7) is 5.45. The first kappa shape index (κ1) is 16.5. The average molecular weight is 336 g/mol. The van der Waals surface area contributed by atoms with Crippen LogP contribution in [0.1, 0.15) is 20.3 Å². The summed E-state index contributed by atoms with van der Waals surface area (Å²) in [5, 5.41) is 5.88. The molecular weight excluding hydrogens is 312 g/mol. The van der Waals surface area contributed by atoms with Crippen LogP contribution in [0.25, 0.3) is 0 Å². The second kappa shape index (κ2) is 6.61. The maximum Gasteiger partial charge on any atom is 0.315 e. The molecule has 23 heavy (non-hydrogen) atoms. The van der Waals surface area contributed by atoms with Gasteiger partial charge in [0.2, 0.25) is 0 Å². The predicted octanol–water partition coefficient (Wildman–Crippen LogP) is 1.91. The minimum Gasteiger partial charge on any atom is -0.377 e. The summed E-state index contributed by atoms with van der Waals surface area (Å²) in [5.41, 5.74) is -0.0225. The zero-order valence-electron chi connectivity index (χ0n) is 13.6. The fraction of sp³-hybridized carbons (Fsp3) is 0.588. The third-order valence-electron chi connectivity index (χ3n) is 4.97. The van der Waals surface area contributed by atoms with E-state index >= 15 is 0 Å². The Labute approximate surface area is 139 Å². The largest absolute Gasteiger partial charge is 0.377 e. The van der Waals surface area contributed by atoms with Gasteiger partial charge in [0.1, 0.15) is 0 Å². The number of rotatable bonds is 5. The van der Waals surface area contributed by atoms with Crippen molar-refractivity contribution in [3.05, 3.63) is 30.3 Å². The Kier molecular flexibility index (Phi) is 4.73. The summed E-state index contributed by atoms with van der Waals surface area (Å²) >= 11 is 0. The lowest BCUT2D eigenvalue weighted by atomic mass is 9.57. The third kappa shape index (κ3) is 3.28. The molecule has 1 aliphatic heterocycles. The Morgan fingerprint density at radius 1 is 1.35 bits per heavy atom. The quantitative estimate of drug-likeness (QED) is 0.863. The molecule has 1 aliphatic carbocycles. The van der Waals surface area contributed by atoms with Crippen LogP contribution in [0, 0.1) is 11.3 Å². The van der Waals surface area contributed by atoms with Crippen LogP contribution in [-0.4, -0.2) is 41.3 Å². The van der Waals surface area contributed by atoms with Gasteiger partial charge in [-0.25, -0.2) is 4.79 Å². The van der Waals surface area contributed by atoms with Crippen LogP contribution in [0.3, 0.4) is 0 Å². The Balaban J connectivity index is 1.43. The Hall–Kier alpha value is -1.40. The van der Waals surface area contributed by atoms with Crippen LogP contribution in [0.2, 0.25) is 0 Å². The fourth-order valence-corrected chi connectivity index (χ4v) is 4.74. The minimum absolute atomic E-state index is 0.0225. The van der Waals surface area contributed by atoms with Gasteiger partial charge in [0.05, 0.1) is 16.9 Å². The second-order valence-electron chi connectivity index (χ2n) is 6.81. The number of carbonyl (C=O) groups is 1. The van der Waals surface area contributed by atoms with Gasteiger partial charge in [-0.2, -0.15) is 0 Å². The minimum atomic E-state index is -1.08. The summed E-state index contributed by atoms with van der Waals surface area (Å²) in [7, 11) is -1.08. The number of urea groups is 1. The van der Waals surface area contributed by atoms with E-state index in [2.05, 4.69) is 24.5 Å². The maximum absolute atomic E-state index is 12.1. The number of carbonyl (C=O) groups excluding carboxylic acids is 1. The van der Waals surface area contributed by atoms with Gasteiger partial charge in [0.25, 0.3) is 0 Å². The first-order valence-electron chi connectivity index (χ1n) is 8.09. The van der Waals surface area contributed by atoms with Gasteiger partial charge in [-0.05, 0) is 18.6 Å². The molecule has 3 rings (SSSR count). The lowest BCUT2D eigenvalue weighted by Gasteiger charge is -2.54. The molecule has 0 spiro atoms. The molecule has 0 unspecified atom stereocenters. The molecule has 1 aromatic rings. The van der Waals surface area contributed by atoms with Gasteiger partial charge in [-0.1, -0.05) is 32.0 Å². The molecule has 6 heteroatoms. The predicted molar refractivity (Wildman–Crippen MR) is 89.7 cm³/mol. The first-order chi connectivity index (χ1) is 11.0. The molecule has 5 nitrogen and oxygen atoms in total. The van der Waals surface area contributed by atoms with Crippen molar-refractivity contribution in [2.24, 2.45) is 11.3 Å². The van der Waals surface area contributed by atoms with Crippen molar-refractivity contribution in [1.82, 2.24) is 10.6 Å². The molecule has 0 radical (unpaired) electrons. The Bertz CT molecular complexity index is 591. The molecule has 0 aromatic heterocycles. The molecule has 2 amide bonds. The molecule has 1 aromatic carbocycles. The van der Waals surface area contributed by atoms with E-state index in [1.807, 2.05) is 30.3 Å². The fourth-order valence-electron chi connectivity index (χ4n) is 3.76. The van der Waals surface area contributed by atoms with Gasteiger partial charge in [0, 0.05) is 41.2 Å². The highest BCUT2D eigenvalue weighted by Crippen LogP contribution is 2.51. The highest BCUT2D eigenvalue weighted by molar-refractivity contribution is 7.85. The maximum atomic E-state index is 12.1. The lowest BCUT2D eigenvalue weighted by molar-refractivity contribution is -0.108. The zero-order valence-corrected chi connectivity index (χ0v) is 14.4. The van der Waals surface area contributed by atoms with E-state index in [4.69, 9.17) is 4.74 Å². The number of nitrogens with one attached hydrogen (secondary N) is 2. The molecule has 2 N–H and O–H groups in total. The summed E-state index contributed by atoms with van der Waals surface area (Å²) in [6, 6.07) is 9.28. The number of fused-ring (bicyclic) bond motifs is 1. The second-order valence-corrected chi connectivity index (χ2v) is 8.38. The number of hydrogen-bond donors (Lipinski definition) is 2. The van der Waals surface area contributed by atoms with Crippen molar-refractivity contribution >= 4 is 16.8 Å². The summed E-state index contributed by atoms with van der Waals surface area (Å²) in [6.07, 6.45) is 1.27. The van der Waals surface area contributed by atoms with Crippen molar-refractivity contribution in [3.63, 3.8) is 0 Å². The Morgan fingerprint density at radius 2 is 2.09 bits per heavy atom. The average Bonchev–Trinajstić information content (AvgIpc) is 3.00. The van der Waals surface area contributed by atoms with E-state index in [1.165, 1.54) is 0 Å². The summed E-state index contributed by atoms with van der Waals surface area (Å²) in [4.78, 5) is 12.9. The van der Waals surface area contributed by atoms with Crippen molar-refractivity contribution in [3.8, 4) is 0 Å². The van der Waals surface area contributed by atoms with Crippen LogP contribution in [0.15, 0.2) is 35.2 Å². The normalized spacial score (nSPS) is 29.2. The van der Waals surface area contributed by atoms with E-state index < -0.39 is 10.8 Å². The topological polar surface area (TPSA) is 67.4 Å². The third-order valence-corrected chi connectivity index (χ3v) is 6.34. The molecular formula is C17H24N2O3S. The van der Waals surface area contributed by atoms with Gasteiger partial charge < -0.3 is 15.4 Å². The van der Waals surface area contributed by atoms with E-state index in [1.54, 1.807) is 0 Å². The van der Waals surface area contributed by atoms with Crippen LogP contribution < -0.4 is 10.6 Å². The Morgan fingerprint density at radius 3 is 2.83 bits per heavy atom. The molecule has 4 atom stereocenters. The van der Waals surface area contributed by atoms with E-state index in [9.17, 15) is 9.00 Å². The molecule has 2 aliphatic rings. The van der Waals surface area contributed by atoms with Crippen LogP contribution in [0.4, 0.5) is 4.79 Å². The van der Waals surface area contributed by atoms with Crippen LogP contribution in [-0.2, 0) is 15.5 Å². The molecule has 1 heterocycles. The van der Waals surface area contributed by atoms with Crippen molar-refractivity contribution in [2.45, 2.75) is 37.3 Å². The van der Waals surface area contributed by atoms with Crippen molar-refractivity contribution in [1.29, 1.82) is 0 Å². The highest BCUT2D eigenvalue weighted by atomic mass is 32.2. The zero-order chi connectivity index (χ0) is 16.4. The standard InChI is InChI=1S/C17H24N2O3S/c1-17(2)14(13-8-10-22-15(13)17)19-16(20)18-9-11-23(21)12-6-4-3-5-7-12/h3-7,13-15H,8-11H2,1-2H3,(H2,18,19,20)/t13-,14+,15-,23+/m0/s1. The van der Waals surface area contributed by atoms with E-state index in [0.29, 0.717) is 18.2 Å². The monoisotopic (exact) mass is 336 g/mol. The molecule has 0 bridgehead atoms. The molecule has 1 saturated heterocycles. The van der Waals surface area contributed by atoms with Crippen molar-refractivity contribution < 1.29 is 13.7 Å². The highest BCUT2D eigenvalue weighted by Gasteiger charge is 2.59. The molecule has 126 valence electrons. The van der Waals surface area contributed by atoms with Gasteiger partial charge in [0.15, 0.2) is 0 Å². The smallest absolute Gasteiger partial charge is 0.315 e. The van der Waals surface area contributed by atoms with Crippen LogP contribution >= 0.6 is 0 Å². The summed E-state index contributed by atoms with van der Waals surface area (Å²) in [5.74, 6) is 0.843. The van der Waals surface area contributed by atoms with Gasteiger partial charge >= 0.3 is 6.03 Å². The van der Waals surface area contributed by atoms with Crippen LogP contribution in [0.5, 0.6) is 0 Å². The number of amides is 2. The van der Waals surface area contributed by atoms with E-state index in [0.717, 1.165) is 17.9 Å². The number of benzene rings is 1. The van der Waals surface area contributed by atoms with Crippen molar-refractivity contribution in [2.75, 3.05) is 18.9 Å². The first-order valence-corrected chi connectivity index (χ1v) is 9.41. The molecule has 1 saturated carbocycles. The van der Waals surface area contributed by atoms with E-state index in [-0.39, 0.29) is 23.6 Å². The number of hydrogen-bond acceptors (Lipinski definition) is 3. The molecule has 2 fully saturated rings. The lowest BCUT2D eigenvalue weighted by Crippen LogP contribution is -2.67. The van der Waals surface area contributed by atoms with Gasteiger partial charge in [-0.15, -0.1) is 0 Å². The van der Waals surface area contributed by atoms with Gasteiger partial charge in [-0.3, -0.25) is 4.21 Å². The SMILES string of the molecule is CC1(C)[C@H](NC(=O)NCC[S@@](=O)c2ccccc2)[C@@H]2CCO[C@@H]21. The summed E-state index contributed by atoms with van der Waals surface area (Å²) < 4.78 is 17.8.